The molecule has 3 atom stereocenters. The third kappa shape index (κ3) is 3.99. The Morgan fingerprint density at radius 2 is 1.93 bits per heavy atom. The minimum absolute atomic E-state index is 0.581. The van der Waals surface area contributed by atoms with Crippen molar-refractivity contribution < 1.29 is 9.47 Å². The normalized spacial score (nSPS) is 26.6. The molecule has 2 aliphatic heterocycles. The van der Waals surface area contributed by atoms with Crippen molar-refractivity contribution in [3.05, 3.63) is 24.4 Å². The van der Waals surface area contributed by atoms with E-state index in [9.17, 15) is 0 Å². The lowest BCUT2D eigenvalue weighted by Gasteiger charge is -2.40. The zero-order valence-electron chi connectivity index (χ0n) is 16.9. The first-order valence-corrected chi connectivity index (χ1v) is 10.4. The van der Waals surface area contributed by atoms with Crippen LogP contribution in [0.15, 0.2) is 24.4 Å². The van der Waals surface area contributed by atoms with Gasteiger partial charge in [0.25, 0.3) is 0 Å². The standard InChI is InChI=1S/C22H33N3O2/c1-16(15-25-22-12-21(27-3)7-4-18(22)13-23-25)14-24-19-5-6-20(24)11-17(10-19)8-9-26-2/h4,7,12-13,16-17,19-20H,5-6,8-11,14-15H2,1-3H3/t16-,17?,19?,20?/m1/s1. The number of fused-ring (bicyclic) bond motifs is 3. The molecule has 2 aliphatic rings. The number of benzene rings is 1. The molecule has 0 spiro atoms. The molecular formula is C22H33N3O2. The number of ether oxygens (including phenoxy) is 2. The highest BCUT2D eigenvalue weighted by Crippen LogP contribution is 2.40. The van der Waals surface area contributed by atoms with Gasteiger partial charge in [0.05, 0.1) is 18.8 Å². The van der Waals surface area contributed by atoms with Crippen LogP contribution in [-0.2, 0) is 11.3 Å². The summed E-state index contributed by atoms with van der Waals surface area (Å²) in [5.74, 6) is 2.34. The van der Waals surface area contributed by atoms with Crippen LogP contribution >= 0.6 is 0 Å². The summed E-state index contributed by atoms with van der Waals surface area (Å²) in [5, 5.41) is 5.81. The van der Waals surface area contributed by atoms with Crippen LogP contribution in [0.4, 0.5) is 0 Å². The van der Waals surface area contributed by atoms with Crippen molar-refractivity contribution in [1.82, 2.24) is 14.7 Å². The van der Waals surface area contributed by atoms with E-state index in [-0.39, 0.29) is 0 Å². The van der Waals surface area contributed by atoms with Gasteiger partial charge in [-0.2, -0.15) is 5.10 Å². The van der Waals surface area contributed by atoms with Gasteiger partial charge in [0.1, 0.15) is 5.75 Å². The Morgan fingerprint density at radius 1 is 1.15 bits per heavy atom. The predicted octanol–water partition coefficient (Wildman–Crippen LogP) is 3.96. The lowest BCUT2D eigenvalue weighted by Crippen LogP contribution is -2.45. The average molecular weight is 372 g/mol. The van der Waals surface area contributed by atoms with Crippen LogP contribution < -0.4 is 4.74 Å². The van der Waals surface area contributed by atoms with Crippen LogP contribution in [0.2, 0.25) is 0 Å². The van der Waals surface area contributed by atoms with Crippen LogP contribution in [0.25, 0.3) is 10.9 Å². The van der Waals surface area contributed by atoms with Gasteiger partial charge in [-0.1, -0.05) is 6.92 Å². The van der Waals surface area contributed by atoms with Crippen molar-refractivity contribution in [1.29, 1.82) is 0 Å². The Balaban J connectivity index is 1.38. The van der Waals surface area contributed by atoms with Crippen molar-refractivity contribution in [2.75, 3.05) is 27.4 Å². The number of rotatable bonds is 8. The molecule has 0 amide bonds. The number of hydrogen-bond donors (Lipinski definition) is 0. The molecule has 4 rings (SSSR count). The smallest absolute Gasteiger partial charge is 0.121 e. The maximum Gasteiger partial charge on any atom is 0.121 e. The van der Waals surface area contributed by atoms with E-state index in [0.717, 1.165) is 36.9 Å². The maximum atomic E-state index is 5.39. The first-order valence-electron chi connectivity index (χ1n) is 10.4. The van der Waals surface area contributed by atoms with Crippen LogP contribution in [0.3, 0.4) is 0 Å². The molecule has 2 unspecified atom stereocenters. The van der Waals surface area contributed by atoms with Crippen molar-refractivity contribution in [2.24, 2.45) is 11.8 Å². The molecule has 148 valence electrons. The molecular weight excluding hydrogens is 338 g/mol. The summed E-state index contributed by atoms with van der Waals surface area (Å²) in [6.45, 7) is 5.41. The quantitative estimate of drug-likeness (QED) is 0.704. The summed E-state index contributed by atoms with van der Waals surface area (Å²) < 4.78 is 12.8. The van der Waals surface area contributed by atoms with Gasteiger partial charge in [0.15, 0.2) is 0 Å². The van der Waals surface area contributed by atoms with Crippen molar-refractivity contribution in [3.8, 4) is 5.75 Å². The summed E-state index contributed by atoms with van der Waals surface area (Å²) in [4.78, 5) is 2.81. The van der Waals surface area contributed by atoms with Crippen LogP contribution in [0.1, 0.15) is 39.0 Å². The van der Waals surface area contributed by atoms with Crippen LogP contribution in [-0.4, -0.2) is 54.1 Å². The Bertz CT molecular complexity index is 745. The number of nitrogens with zero attached hydrogens (tertiary/aromatic N) is 3. The molecule has 27 heavy (non-hydrogen) atoms. The predicted molar refractivity (Wildman–Crippen MR) is 108 cm³/mol. The summed E-state index contributed by atoms with van der Waals surface area (Å²) in [7, 11) is 3.54. The average Bonchev–Trinajstić information content (AvgIpc) is 3.16. The van der Waals surface area contributed by atoms with Gasteiger partial charge in [0, 0.05) is 50.3 Å². The maximum absolute atomic E-state index is 5.39. The molecule has 0 aliphatic carbocycles. The van der Waals surface area contributed by atoms with E-state index in [1.54, 1.807) is 7.11 Å². The van der Waals surface area contributed by atoms with E-state index in [4.69, 9.17) is 9.47 Å². The van der Waals surface area contributed by atoms with Crippen molar-refractivity contribution in [3.63, 3.8) is 0 Å². The van der Waals surface area contributed by atoms with Crippen molar-refractivity contribution in [2.45, 2.75) is 57.7 Å². The zero-order chi connectivity index (χ0) is 18.8. The lowest BCUT2D eigenvalue weighted by atomic mass is 9.88. The SMILES string of the molecule is COCCC1CC2CCC(C1)N2C[C@@H](C)Cn1ncc2ccc(OC)cc21. The largest absolute Gasteiger partial charge is 0.497 e. The highest BCUT2D eigenvalue weighted by Gasteiger charge is 2.40. The van der Waals surface area contributed by atoms with Gasteiger partial charge in [-0.3, -0.25) is 9.58 Å². The molecule has 0 radical (unpaired) electrons. The second kappa shape index (κ2) is 8.19. The van der Waals surface area contributed by atoms with E-state index in [0.29, 0.717) is 5.92 Å². The summed E-state index contributed by atoms with van der Waals surface area (Å²) in [6, 6.07) is 7.75. The molecule has 2 fully saturated rings. The minimum atomic E-state index is 0.581. The zero-order valence-corrected chi connectivity index (χ0v) is 16.9. The molecule has 1 aromatic heterocycles. The van der Waals surface area contributed by atoms with Gasteiger partial charge in [-0.15, -0.1) is 0 Å². The van der Waals surface area contributed by atoms with Gasteiger partial charge in [-0.25, -0.2) is 0 Å². The molecule has 0 N–H and O–H groups in total. The Morgan fingerprint density at radius 3 is 2.63 bits per heavy atom. The molecule has 3 heterocycles. The fourth-order valence-electron chi connectivity index (χ4n) is 5.24. The Labute approximate surface area is 162 Å². The summed E-state index contributed by atoms with van der Waals surface area (Å²) >= 11 is 0. The second-order valence-electron chi connectivity index (χ2n) is 8.56. The van der Waals surface area contributed by atoms with E-state index in [1.807, 2.05) is 19.4 Å². The second-order valence-corrected chi connectivity index (χ2v) is 8.56. The summed E-state index contributed by atoms with van der Waals surface area (Å²) in [5.41, 5.74) is 1.17. The first kappa shape index (κ1) is 18.8. The van der Waals surface area contributed by atoms with Crippen molar-refractivity contribution >= 4 is 10.9 Å². The topological polar surface area (TPSA) is 39.5 Å². The molecule has 5 nitrogen and oxygen atoms in total. The first-order chi connectivity index (χ1) is 13.2. The van der Waals surface area contributed by atoms with E-state index in [2.05, 4.69) is 33.7 Å². The lowest BCUT2D eigenvalue weighted by molar-refractivity contribution is 0.0700. The van der Waals surface area contributed by atoms with Gasteiger partial charge < -0.3 is 9.47 Å². The Kier molecular flexibility index (Phi) is 5.69. The monoisotopic (exact) mass is 371 g/mol. The van der Waals surface area contributed by atoms with Crippen LogP contribution in [0.5, 0.6) is 5.75 Å². The third-order valence-corrected chi connectivity index (χ3v) is 6.57. The van der Waals surface area contributed by atoms with E-state index in [1.165, 1.54) is 49.6 Å². The molecule has 1 aromatic carbocycles. The molecule has 2 saturated heterocycles. The van der Waals surface area contributed by atoms with Gasteiger partial charge in [-0.05, 0) is 56.1 Å². The fourth-order valence-corrected chi connectivity index (χ4v) is 5.24. The summed E-state index contributed by atoms with van der Waals surface area (Å²) in [6.07, 6.45) is 8.66. The number of hydrogen-bond acceptors (Lipinski definition) is 4. The van der Waals surface area contributed by atoms with E-state index >= 15 is 0 Å². The molecule has 2 bridgehead atoms. The van der Waals surface area contributed by atoms with Gasteiger partial charge in [0.2, 0.25) is 0 Å². The third-order valence-electron chi connectivity index (χ3n) is 6.57. The molecule has 2 aromatic rings. The van der Waals surface area contributed by atoms with Crippen LogP contribution in [0, 0.1) is 11.8 Å². The van der Waals surface area contributed by atoms with E-state index < -0.39 is 0 Å². The Hall–Kier alpha value is -1.59. The molecule has 5 heteroatoms. The minimum Gasteiger partial charge on any atom is -0.497 e. The number of aromatic nitrogens is 2. The highest BCUT2D eigenvalue weighted by molar-refractivity contribution is 5.80. The molecule has 0 saturated carbocycles. The number of methoxy groups -OCH3 is 2. The fraction of sp³-hybridized carbons (Fsp3) is 0.682. The number of piperidine rings is 1. The highest BCUT2D eigenvalue weighted by atomic mass is 16.5. The van der Waals surface area contributed by atoms with Gasteiger partial charge >= 0.3 is 0 Å².